The third-order valence-corrected chi connectivity index (χ3v) is 5.51. The van der Waals surface area contributed by atoms with E-state index in [2.05, 4.69) is 32.7 Å². The Hall–Kier alpha value is -2.18. The van der Waals surface area contributed by atoms with Crippen LogP contribution in [0.25, 0.3) is 0 Å². The molecule has 1 fully saturated rings. The molecule has 1 aliphatic heterocycles. The maximum atomic E-state index is 12.7. The van der Waals surface area contributed by atoms with E-state index in [4.69, 9.17) is 0 Å². The van der Waals surface area contributed by atoms with E-state index in [9.17, 15) is 4.79 Å². The van der Waals surface area contributed by atoms with E-state index in [0.717, 1.165) is 15.6 Å². The Morgan fingerprint density at radius 1 is 1.15 bits per heavy atom. The summed E-state index contributed by atoms with van der Waals surface area (Å²) >= 11 is 4.89. The first-order valence-electron chi connectivity index (χ1n) is 8.17. The first-order valence-corrected chi connectivity index (χ1v) is 9.84. The average molecular weight is 428 g/mol. The van der Waals surface area contributed by atoms with Crippen LogP contribution in [0.4, 0.5) is 0 Å². The summed E-state index contributed by atoms with van der Waals surface area (Å²) in [6.45, 7) is 4.17. The highest BCUT2D eigenvalue weighted by Crippen LogP contribution is 2.30. The predicted octanol–water partition coefficient (Wildman–Crippen LogP) is 4.51. The van der Waals surface area contributed by atoms with Crippen LogP contribution in [0.2, 0.25) is 0 Å². The fourth-order valence-electron chi connectivity index (χ4n) is 2.53. The molecule has 6 heteroatoms. The minimum atomic E-state index is -0.193. The van der Waals surface area contributed by atoms with Crippen LogP contribution in [0.15, 0.2) is 81.9 Å². The molecule has 1 heterocycles. The Morgan fingerprint density at radius 3 is 2.58 bits per heavy atom. The van der Waals surface area contributed by atoms with Gasteiger partial charge in [0.1, 0.15) is 0 Å². The van der Waals surface area contributed by atoms with Gasteiger partial charge in [0.15, 0.2) is 5.17 Å². The first kappa shape index (κ1) is 18.6. The molecule has 2 aromatic carbocycles. The number of hydrogen-bond donors (Lipinski definition) is 0. The van der Waals surface area contributed by atoms with Gasteiger partial charge in [0, 0.05) is 11.0 Å². The van der Waals surface area contributed by atoms with Gasteiger partial charge in [-0.1, -0.05) is 76.2 Å². The van der Waals surface area contributed by atoms with Crippen LogP contribution >= 0.6 is 27.7 Å². The molecule has 132 valence electrons. The fraction of sp³-hybridized carbons (Fsp3) is 0.150. The number of amidine groups is 1. The summed E-state index contributed by atoms with van der Waals surface area (Å²) in [6.07, 6.45) is 4.05. The van der Waals surface area contributed by atoms with Crippen molar-refractivity contribution in [3.8, 4) is 0 Å². The van der Waals surface area contributed by atoms with Crippen molar-refractivity contribution in [2.24, 2.45) is 10.2 Å². The highest BCUT2D eigenvalue weighted by Gasteiger charge is 2.37. The molecular formula is C20H18BrN3OS. The van der Waals surface area contributed by atoms with Crippen LogP contribution < -0.4 is 0 Å². The Kier molecular flexibility index (Phi) is 6.41. The molecule has 0 saturated carbocycles. The molecule has 3 rings (SSSR count). The van der Waals surface area contributed by atoms with Gasteiger partial charge in [-0.2, -0.15) is 5.10 Å². The summed E-state index contributed by atoms with van der Waals surface area (Å²) in [5.41, 5.74) is 2.08. The van der Waals surface area contributed by atoms with E-state index < -0.39 is 0 Å². The molecular weight excluding hydrogens is 410 g/mol. The van der Waals surface area contributed by atoms with E-state index in [1.54, 1.807) is 17.2 Å². The third kappa shape index (κ3) is 4.71. The van der Waals surface area contributed by atoms with E-state index in [0.29, 0.717) is 18.1 Å². The van der Waals surface area contributed by atoms with Gasteiger partial charge in [0.2, 0.25) is 5.91 Å². The fourth-order valence-corrected chi connectivity index (χ4v) is 3.94. The third-order valence-electron chi connectivity index (χ3n) is 3.82. The summed E-state index contributed by atoms with van der Waals surface area (Å²) in [7, 11) is 0. The van der Waals surface area contributed by atoms with Crippen molar-refractivity contribution >= 4 is 45.0 Å². The zero-order valence-electron chi connectivity index (χ0n) is 14.1. The van der Waals surface area contributed by atoms with Gasteiger partial charge >= 0.3 is 0 Å². The quantitative estimate of drug-likeness (QED) is 0.386. The van der Waals surface area contributed by atoms with Crippen molar-refractivity contribution in [1.29, 1.82) is 0 Å². The van der Waals surface area contributed by atoms with Crippen LogP contribution in [-0.2, 0) is 11.2 Å². The largest absolute Gasteiger partial charge is 0.285 e. The number of nitrogens with zero attached hydrogens (tertiary/aromatic N) is 3. The zero-order valence-corrected chi connectivity index (χ0v) is 16.5. The molecule has 1 unspecified atom stereocenters. The second-order valence-electron chi connectivity index (χ2n) is 5.71. The molecule has 1 saturated heterocycles. The van der Waals surface area contributed by atoms with Gasteiger partial charge in [-0.15, -0.1) is 11.7 Å². The van der Waals surface area contributed by atoms with Gasteiger partial charge in [0.25, 0.3) is 0 Å². The molecule has 0 spiro atoms. The van der Waals surface area contributed by atoms with Crippen molar-refractivity contribution in [2.75, 3.05) is 6.54 Å². The Labute approximate surface area is 165 Å². The topological polar surface area (TPSA) is 45.0 Å². The molecule has 0 aliphatic carbocycles. The molecule has 1 amide bonds. The molecule has 0 bridgehead atoms. The summed E-state index contributed by atoms with van der Waals surface area (Å²) in [6, 6.07) is 17.8. The monoisotopic (exact) mass is 427 g/mol. The van der Waals surface area contributed by atoms with Crippen molar-refractivity contribution in [3.63, 3.8) is 0 Å². The van der Waals surface area contributed by atoms with Crippen molar-refractivity contribution < 1.29 is 4.79 Å². The minimum absolute atomic E-state index is 0.0477. The second kappa shape index (κ2) is 8.96. The Balaban J connectivity index is 1.75. The van der Waals surface area contributed by atoms with Crippen molar-refractivity contribution in [2.45, 2.75) is 11.7 Å². The summed E-state index contributed by atoms with van der Waals surface area (Å²) in [5.74, 6) is 0.0477. The first-order chi connectivity index (χ1) is 12.7. The number of halogens is 1. The SMILES string of the molecule is C=CCN1C(=O)C(Cc2ccc(Br)cc2)S/C1=N\N=C\c1ccccc1. The summed E-state index contributed by atoms with van der Waals surface area (Å²) in [5, 5.41) is 8.85. The highest BCUT2D eigenvalue weighted by atomic mass is 79.9. The van der Waals surface area contributed by atoms with Crippen LogP contribution in [-0.4, -0.2) is 34.0 Å². The van der Waals surface area contributed by atoms with Crippen molar-refractivity contribution in [3.05, 3.63) is 82.9 Å². The number of rotatable bonds is 6. The number of amides is 1. The molecule has 4 nitrogen and oxygen atoms in total. The zero-order chi connectivity index (χ0) is 18.4. The van der Waals surface area contributed by atoms with Crippen LogP contribution in [0.3, 0.4) is 0 Å². The van der Waals surface area contributed by atoms with E-state index >= 15 is 0 Å². The lowest BCUT2D eigenvalue weighted by Gasteiger charge is -2.12. The molecule has 0 N–H and O–H groups in total. The highest BCUT2D eigenvalue weighted by molar-refractivity contribution is 9.10. The Bertz CT molecular complexity index is 834. The second-order valence-corrected chi connectivity index (χ2v) is 7.80. The van der Waals surface area contributed by atoms with Gasteiger partial charge < -0.3 is 0 Å². The van der Waals surface area contributed by atoms with E-state index in [1.165, 1.54) is 11.8 Å². The smallest absolute Gasteiger partial charge is 0.242 e. The molecule has 0 radical (unpaired) electrons. The normalized spacial score (nSPS) is 18.8. The lowest BCUT2D eigenvalue weighted by molar-refractivity contribution is -0.125. The Morgan fingerprint density at radius 2 is 1.88 bits per heavy atom. The average Bonchev–Trinajstić information content (AvgIpc) is 2.94. The van der Waals surface area contributed by atoms with Gasteiger partial charge in [0.05, 0.1) is 11.5 Å². The van der Waals surface area contributed by atoms with E-state index in [-0.39, 0.29) is 11.2 Å². The number of carbonyl (C=O) groups is 1. The minimum Gasteiger partial charge on any atom is -0.285 e. The van der Waals surface area contributed by atoms with Crippen LogP contribution in [0, 0.1) is 0 Å². The van der Waals surface area contributed by atoms with Crippen LogP contribution in [0.5, 0.6) is 0 Å². The number of hydrogen-bond acceptors (Lipinski definition) is 4. The predicted molar refractivity (Wildman–Crippen MR) is 113 cm³/mol. The molecule has 26 heavy (non-hydrogen) atoms. The number of benzene rings is 2. The lowest BCUT2D eigenvalue weighted by Crippen LogP contribution is -2.32. The molecule has 0 aromatic heterocycles. The standard InChI is InChI=1S/C20H18BrN3OS/c1-2-12-24-19(25)18(13-15-8-10-17(21)11-9-15)26-20(24)23-22-14-16-6-4-3-5-7-16/h2-11,14,18H,1,12-13H2/b22-14+,23-20-. The van der Waals surface area contributed by atoms with E-state index in [1.807, 2.05) is 54.6 Å². The molecule has 2 aromatic rings. The van der Waals surface area contributed by atoms with Crippen LogP contribution in [0.1, 0.15) is 11.1 Å². The number of thioether (sulfide) groups is 1. The van der Waals surface area contributed by atoms with Gasteiger partial charge in [-0.3, -0.25) is 9.69 Å². The van der Waals surface area contributed by atoms with Crippen molar-refractivity contribution in [1.82, 2.24) is 4.90 Å². The molecule has 1 atom stereocenters. The summed E-state index contributed by atoms with van der Waals surface area (Å²) < 4.78 is 1.03. The van der Waals surface area contributed by atoms with Gasteiger partial charge in [-0.05, 0) is 29.7 Å². The summed E-state index contributed by atoms with van der Waals surface area (Å²) in [4.78, 5) is 14.4. The number of carbonyl (C=O) groups excluding carboxylic acids is 1. The maximum absolute atomic E-state index is 12.7. The van der Waals surface area contributed by atoms with Gasteiger partial charge in [-0.25, -0.2) is 0 Å². The maximum Gasteiger partial charge on any atom is 0.242 e. The lowest BCUT2D eigenvalue weighted by atomic mass is 10.1. The molecule has 1 aliphatic rings.